The van der Waals surface area contributed by atoms with E-state index in [1.807, 2.05) is 59.4 Å². The monoisotopic (exact) mass is 549 g/mol. The number of oxime groups is 1. The van der Waals surface area contributed by atoms with Crippen LogP contribution >= 0.6 is 11.8 Å². The Balaban J connectivity index is 1.40. The Kier molecular flexibility index (Phi) is 7.48. The van der Waals surface area contributed by atoms with Crippen molar-refractivity contribution in [1.82, 2.24) is 14.5 Å². The lowest BCUT2D eigenvalue weighted by Gasteiger charge is -2.17. The van der Waals surface area contributed by atoms with Crippen LogP contribution in [0.15, 0.2) is 77.0 Å². The lowest BCUT2D eigenvalue weighted by Crippen LogP contribution is -2.31. The van der Waals surface area contributed by atoms with Gasteiger partial charge in [-0.1, -0.05) is 29.4 Å². The van der Waals surface area contributed by atoms with Crippen molar-refractivity contribution in [2.45, 2.75) is 31.0 Å². The zero-order valence-electron chi connectivity index (χ0n) is 21.1. The van der Waals surface area contributed by atoms with Crippen molar-refractivity contribution < 1.29 is 18.0 Å². The highest BCUT2D eigenvalue weighted by atomic mass is 32.2. The number of imidazole rings is 1. The number of pyridine rings is 1. The zero-order valence-corrected chi connectivity index (χ0v) is 22.7. The van der Waals surface area contributed by atoms with Gasteiger partial charge in [0.15, 0.2) is 5.71 Å². The van der Waals surface area contributed by atoms with Gasteiger partial charge in [0.2, 0.25) is 0 Å². The molecule has 0 spiro atoms. The molecule has 196 valence electrons. The molecule has 0 saturated heterocycles. The minimum atomic E-state index is -3.09. The summed E-state index contributed by atoms with van der Waals surface area (Å²) in [6, 6.07) is 17.4. The van der Waals surface area contributed by atoms with E-state index in [-0.39, 0.29) is 30.5 Å². The average Bonchev–Trinajstić information content (AvgIpc) is 3.39. The van der Waals surface area contributed by atoms with Gasteiger partial charge in [-0.25, -0.2) is 13.4 Å². The SMILES string of the molecule is CSc1ccc(CO/N=C2/C(=O)N(Cc3nc4ccccc4n3CCCS(C)(=O)=O)c3ccncc32)cc1. The number of para-hydroxylation sites is 2. The predicted octanol–water partition coefficient (Wildman–Crippen LogP) is 4.06. The Morgan fingerprint density at radius 2 is 1.87 bits per heavy atom. The normalized spacial score (nSPS) is 14.4. The Bertz CT molecular complexity index is 1610. The molecule has 38 heavy (non-hydrogen) atoms. The predicted molar refractivity (Wildman–Crippen MR) is 149 cm³/mol. The number of fused-ring (bicyclic) bond motifs is 2. The summed E-state index contributed by atoms with van der Waals surface area (Å²) in [7, 11) is -3.09. The lowest BCUT2D eigenvalue weighted by molar-refractivity contribution is -0.112. The zero-order chi connectivity index (χ0) is 26.7. The molecule has 1 amide bonds. The maximum Gasteiger partial charge on any atom is 0.281 e. The number of sulfone groups is 1. The quantitative estimate of drug-likeness (QED) is 0.217. The summed E-state index contributed by atoms with van der Waals surface area (Å²) in [6.07, 6.45) is 6.93. The van der Waals surface area contributed by atoms with E-state index in [4.69, 9.17) is 9.82 Å². The largest absolute Gasteiger partial charge is 0.390 e. The number of carbonyl (C=O) groups is 1. The van der Waals surface area contributed by atoms with Gasteiger partial charge in [-0.2, -0.15) is 0 Å². The van der Waals surface area contributed by atoms with Crippen LogP contribution in [0.1, 0.15) is 23.4 Å². The molecule has 0 aliphatic carbocycles. The number of anilines is 1. The fourth-order valence-electron chi connectivity index (χ4n) is 4.42. The summed E-state index contributed by atoms with van der Waals surface area (Å²) in [6.45, 7) is 0.892. The Morgan fingerprint density at radius 1 is 1.08 bits per heavy atom. The molecule has 3 heterocycles. The van der Waals surface area contributed by atoms with Crippen molar-refractivity contribution in [3.63, 3.8) is 0 Å². The highest BCUT2D eigenvalue weighted by Gasteiger charge is 2.36. The first kappa shape index (κ1) is 25.9. The maximum atomic E-state index is 13.5. The van der Waals surface area contributed by atoms with Gasteiger partial charge in [0.25, 0.3) is 5.91 Å². The van der Waals surface area contributed by atoms with Gasteiger partial charge in [0, 0.05) is 30.1 Å². The summed E-state index contributed by atoms with van der Waals surface area (Å²) in [5, 5.41) is 4.20. The molecule has 2 aromatic heterocycles. The van der Waals surface area contributed by atoms with Crippen LogP contribution in [0.2, 0.25) is 0 Å². The second-order valence-corrected chi connectivity index (χ2v) is 12.1. The minimum absolute atomic E-state index is 0.0737. The van der Waals surface area contributed by atoms with Crippen LogP contribution in [-0.4, -0.2) is 52.8 Å². The molecule has 4 aromatic rings. The number of carbonyl (C=O) groups excluding carboxylic acids is 1. The highest BCUT2D eigenvalue weighted by Crippen LogP contribution is 2.31. The number of thioether (sulfide) groups is 1. The molecule has 9 nitrogen and oxygen atoms in total. The number of hydrogen-bond donors (Lipinski definition) is 0. The smallest absolute Gasteiger partial charge is 0.281 e. The van der Waals surface area contributed by atoms with Crippen LogP contribution in [-0.2, 0) is 39.2 Å². The van der Waals surface area contributed by atoms with E-state index in [9.17, 15) is 13.2 Å². The fraction of sp³-hybridized carbons (Fsp3) is 0.259. The van der Waals surface area contributed by atoms with E-state index < -0.39 is 9.84 Å². The van der Waals surface area contributed by atoms with Crippen LogP contribution < -0.4 is 4.90 Å². The van der Waals surface area contributed by atoms with Crippen molar-refractivity contribution >= 4 is 49.9 Å². The molecule has 0 unspecified atom stereocenters. The molecular formula is C27H27N5O4S2. The first-order chi connectivity index (χ1) is 18.3. The molecule has 2 aromatic carbocycles. The Hall–Kier alpha value is -3.70. The molecule has 5 rings (SSSR count). The second-order valence-electron chi connectivity index (χ2n) is 9.00. The number of amides is 1. The minimum Gasteiger partial charge on any atom is -0.390 e. The van der Waals surface area contributed by atoms with Crippen LogP contribution in [0, 0.1) is 0 Å². The number of hydrogen-bond acceptors (Lipinski definition) is 8. The summed E-state index contributed by atoms with van der Waals surface area (Å²) in [5.41, 5.74) is 4.08. The van der Waals surface area contributed by atoms with Crippen molar-refractivity contribution in [2.24, 2.45) is 5.16 Å². The molecule has 1 aliphatic heterocycles. The van der Waals surface area contributed by atoms with E-state index in [2.05, 4.69) is 10.1 Å². The van der Waals surface area contributed by atoms with E-state index in [0.29, 0.717) is 30.0 Å². The van der Waals surface area contributed by atoms with Crippen LogP contribution in [0.25, 0.3) is 11.0 Å². The van der Waals surface area contributed by atoms with Crippen molar-refractivity contribution in [2.75, 3.05) is 23.2 Å². The van der Waals surface area contributed by atoms with E-state index >= 15 is 0 Å². The lowest BCUT2D eigenvalue weighted by atomic mass is 10.2. The molecule has 0 fully saturated rings. The second kappa shape index (κ2) is 11.0. The van der Waals surface area contributed by atoms with Crippen LogP contribution in [0.3, 0.4) is 0 Å². The number of nitrogens with zero attached hydrogens (tertiary/aromatic N) is 5. The molecule has 11 heteroatoms. The van der Waals surface area contributed by atoms with Gasteiger partial charge in [-0.15, -0.1) is 11.8 Å². The number of aryl methyl sites for hydroxylation is 1. The van der Waals surface area contributed by atoms with E-state index in [1.54, 1.807) is 35.1 Å². The number of benzene rings is 2. The topological polar surface area (TPSA) is 107 Å². The Morgan fingerprint density at radius 3 is 2.63 bits per heavy atom. The van der Waals surface area contributed by atoms with Crippen LogP contribution in [0.4, 0.5) is 5.69 Å². The molecule has 0 N–H and O–H groups in total. The molecular weight excluding hydrogens is 522 g/mol. The van der Waals surface area contributed by atoms with Gasteiger partial charge >= 0.3 is 0 Å². The van der Waals surface area contributed by atoms with Crippen molar-refractivity contribution in [1.29, 1.82) is 0 Å². The molecule has 0 atom stereocenters. The standard InChI is InChI=1S/C27H27N5O4S2/c1-37-20-10-8-19(9-11-20)18-36-30-26-21-16-28-13-12-23(21)32(27(26)33)17-25-29-22-6-3-4-7-24(22)31(25)14-5-15-38(2,34)35/h3-4,6-13,16H,5,14-15,17-18H2,1-2H3/b30-26+. The summed E-state index contributed by atoms with van der Waals surface area (Å²) >= 11 is 1.66. The highest BCUT2D eigenvalue weighted by molar-refractivity contribution is 7.98. The van der Waals surface area contributed by atoms with Crippen molar-refractivity contribution in [3.05, 3.63) is 83.9 Å². The first-order valence-electron chi connectivity index (χ1n) is 12.0. The van der Waals surface area contributed by atoms with Gasteiger partial charge in [0.05, 0.1) is 34.6 Å². The fourth-order valence-corrected chi connectivity index (χ4v) is 5.48. The summed E-state index contributed by atoms with van der Waals surface area (Å²) in [4.78, 5) is 30.8. The third-order valence-electron chi connectivity index (χ3n) is 6.27. The number of aromatic nitrogens is 3. The molecule has 0 radical (unpaired) electrons. The molecule has 1 aliphatic rings. The average molecular weight is 550 g/mol. The summed E-state index contributed by atoms with van der Waals surface area (Å²) in [5.74, 6) is 0.428. The third kappa shape index (κ3) is 5.58. The molecule has 0 bridgehead atoms. The van der Waals surface area contributed by atoms with Crippen molar-refractivity contribution in [3.8, 4) is 0 Å². The van der Waals surface area contributed by atoms with Gasteiger partial charge in [0.1, 0.15) is 22.3 Å². The van der Waals surface area contributed by atoms with Gasteiger partial charge in [-0.3, -0.25) is 14.7 Å². The van der Waals surface area contributed by atoms with Gasteiger partial charge in [-0.05, 0) is 48.6 Å². The first-order valence-corrected chi connectivity index (χ1v) is 15.3. The summed E-state index contributed by atoms with van der Waals surface area (Å²) < 4.78 is 25.4. The van der Waals surface area contributed by atoms with Crippen LogP contribution in [0.5, 0.6) is 0 Å². The Labute approximate surface area is 225 Å². The maximum absolute atomic E-state index is 13.5. The van der Waals surface area contributed by atoms with E-state index in [0.717, 1.165) is 21.5 Å². The molecule has 0 saturated carbocycles. The van der Waals surface area contributed by atoms with E-state index in [1.165, 1.54) is 6.26 Å². The third-order valence-corrected chi connectivity index (χ3v) is 8.04. The number of rotatable bonds is 10. The van der Waals surface area contributed by atoms with Gasteiger partial charge < -0.3 is 9.40 Å².